The second-order valence-electron chi connectivity index (χ2n) is 6.25. The van der Waals surface area contributed by atoms with Crippen molar-refractivity contribution in [3.05, 3.63) is 60.2 Å². The average molecular weight is 340 g/mol. The molecule has 2 aromatic rings. The molecule has 0 spiro atoms. The Kier molecular flexibility index (Phi) is 7.07. The molecule has 2 amide bonds. The van der Waals surface area contributed by atoms with E-state index >= 15 is 0 Å². The Balaban J connectivity index is 2.04. The quantitative estimate of drug-likeness (QED) is 0.800. The number of carbonyl (C=O) groups is 2. The Morgan fingerprint density at radius 2 is 1.92 bits per heavy atom. The molecule has 0 unspecified atom stereocenters. The van der Waals surface area contributed by atoms with Gasteiger partial charge in [0.15, 0.2) is 0 Å². The van der Waals surface area contributed by atoms with Crippen LogP contribution in [-0.4, -0.2) is 39.8 Å². The van der Waals surface area contributed by atoms with Crippen molar-refractivity contribution in [2.24, 2.45) is 5.92 Å². The van der Waals surface area contributed by atoms with Crippen molar-refractivity contribution in [1.82, 2.24) is 20.2 Å². The van der Waals surface area contributed by atoms with Gasteiger partial charge in [-0.3, -0.25) is 14.6 Å². The number of hydrogen-bond acceptors (Lipinski definition) is 4. The zero-order valence-corrected chi connectivity index (χ0v) is 14.7. The second kappa shape index (κ2) is 9.52. The van der Waals surface area contributed by atoms with Gasteiger partial charge in [0.2, 0.25) is 5.91 Å². The van der Waals surface area contributed by atoms with Crippen LogP contribution in [0.4, 0.5) is 0 Å². The molecular weight excluding hydrogens is 316 g/mol. The summed E-state index contributed by atoms with van der Waals surface area (Å²) in [7, 11) is 0. The van der Waals surface area contributed by atoms with Gasteiger partial charge in [0.25, 0.3) is 5.91 Å². The molecule has 0 aliphatic rings. The topological polar surface area (TPSA) is 75.2 Å². The predicted octanol–water partition coefficient (Wildman–Crippen LogP) is 2.28. The van der Waals surface area contributed by atoms with Crippen molar-refractivity contribution in [3.8, 4) is 0 Å². The Morgan fingerprint density at radius 3 is 2.56 bits per heavy atom. The first kappa shape index (κ1) is 18.6. The van der Waals surface area contributed by atoms with Crippen molar-refractivity contribution >= 4 is 11.8 Å². The fourth-order valence-corrected chi connectivity index (χ4v) is 2.27. The van der Waals surface area contributed by atoms with Crippen LogP contribution < -0.4 is 5.32 Å². The number of aromatic nitrogens is 2. The van der Waals surface area contributed by atoms with Crippen molar-refractivity contribution in [2.45, 2.75) is 26.8 Å². The van der Waals surface area contributed by atoms with Gasteiger partial charge in [-0.2, -0.15) is 0 Å². The lowest BCUT2D eigenvalue weighted by molar-refractivity contribution is -0.121. The lowest BCUT2D eigenvalue weighted by Gasteiger charge is -2.22. The standard InChI is InChI=1S/C19H24N4O2/c1-15(2)12-22-18(24)8-11-23(14-16-6-4-3-5-7-16)19(25)17-13-20-9-10-21-17/h3-7,9-10,13,15H,8,11-12,14H2,1-2H3,(H,22,24). The molecule has 2 rings (SSSR count). The van der Waals surface area contributed by atoms with Crippen molar-refractivity contribution in [2.75, 3.05) is 13.1 Å². The fourth-order valence-electron chi connectivity index (χ4n) is 2.27. The van der Waals surface area contributed by atoms with Crippen LogP contribution in [0.5, 0.6) is 0 Å². The highest BCUT2D eigenvalue weighted by Crippen LogP contribution is 2.09. The minimum Gasteiger partial charge on any atom is -0.356 e. The molecule has 6 nitrogen and oxygen atoms in total. The van der Waals surface area contributed by atoms with E-state index in [4.69, 9.17) is 0 Å². The van der Waals surface area contributed by atoms with E-state index in [0.717, 1.165) is 5.56 Å². The molecule has 6 heteroatoms. The van der Waals surface area contributed by atoms with Crippen LogP contribution in [0.25, 0.3) is 0 Å². The third-order valence-electron chi connectivity index (χ3n) is 3.60. The third-order valence-corrected chi connectivity index (χ3v) is 3.60. The van der Waals surface area contributed by atoms with E-state index in [0.29, 0.717) is 25.6 Å². The summed E-state index contributed by atoms with van der Waals surface area (Å²) in [5.74, 6) is 0.109. The third kappa shape index (κ3) is 6.33. The molecule has 0 bridgehead atoms. The molecule has 0 saturated carbocycles. The van der Waals surface area contributed by atoms with Crippen molar-refractivity contribution < 1.29 is 9.59 Å². The van der Waals surface area contributed by atoms with Crippen LogP contribution in [0.15, 0.2) is 48.9 Å². The van der Waals surface area contributed by atoms with Crippen LogP contribution in [0, 0.1) is 5.92 Å². The van der Waals surface area contributed by atoms with Crippen LogP contribution in [0.3, 0.4) is 0 Å². The normalized spacial score (nSPS) is 10.5. The number of nitrogens with one attached hydrogen (secondary N) is 1. The first-order valence-corrected chi connectivity index (χ1v) is 8.42. The lowest BCUT2D eigenvalue weighted by Crippen LogP contribution is -2.36. The molecule has 1 aromatic carbocycles. The SMILES string of the molecule is CC(C)CNC(=O)CCN(Cc1ccccc1)C(=O)c1cnccn1. The summed E-state index contributed by atoms with van der Waals surface area (Å²) < 4.78 is 0. The Hall–Kier alpha value is -2.76. The highest BCUT2D eigenvalue weighted by atomic mass is 16.2. The number of rotatable bonds is 8. The predicted molar refractivity (Wildman–Crippen MR) is 95.7 cm³/mol. The van der Waals surface area contributed by atoms with Gasteiger partial charge in [0.05, 0.1) is 6.20 Å². The molecule has 0 atom stereocenters. The summed E-state index contributed by atoms with van der Waals surface area (Å²) in [6, 6.07) is 9.69. The number of nitrogens with zero attached hydrogens (tertiary/aromatic N) is 3. The van der Waals surface area contributed by atoms with E-state index < -0.39 is 0 Å². The molecule has 1 N–H and O–H groups in total. The van der Waals surface area contributed by atoms with Crippen LogP contribution in [0.1, 0.15) is 36.3 Å². The molecule has 132 valence electrons. The summed E-state index contributed by atoms with van der Waals surface area (Å²) in [6.45, 7) is 5.47. The summed E-state index contributed by atoms with van der Waals surface area (Å²) in [5, 5.41) is 2.88. The maximum Gasteiger partial charge on any atom is 0.274 e. The maximum absolute atomic E-state index is 12.7. The number of amides is 2. The smallest absolute Gasteiger partial charge is 0.274 e. The van der Waals surface area contributed by atoms with E-state index in [9.17, 15) is 9.59 Å². The van der Waals surface area contributed by atoms with Crippen LogP contribution in [0.2, 0.25) is 0 Å². The average Bonchev–Trinajstić information content (AvgIpc) is 2.64. The minimum atomic E-state index is -0.228. The summed E-state index contributed by atoms with van der Waals surface area (Å²) in [5.41, 5.74) is 1.28. The van der Waals surface area contributed by atoms with Gasteiger partial charge in [0, 0.05) is 38.4 Å². The van der Waals surface area contributed by atoms with Crippen LogP contribution in [-0.2, 0) is 11.3 Å². The second-order valence-corrected chi connectivity index (χ2v) is 6.25. The van der Waals surface area contributed by atoms with E-state index in [1.165, 1.54) is 18.6 Å². The van der Waals surface area contributed by atoms with Gasteiger partial charge < -0.3 is 10.2 Å². The number of carbonyl (C=O) groups excluding carboxylic acids is 2. The zero-order chi connectivity index (χ0) is 18.1. The monoisotopic (exact) mass is 340 g/mol. The van der Waals surface area contributed by atoms with E-state index in [2.05, 4.69) is 15.3 Å². The van der Waals surface area contributed by atoms with Gasteiger partial charge in [0.1, 0.15) is 5.69 Å². The number of benzene rings is 1. The highest BCUT2D eigenvalue weighted by molar-refractivity contribution is 5.92. The fraction of sp³-hybridized carbons (Fsp3) is 0.368. The van der Waals surface area contributed by atoms with E-state index in [1.54, 1.807) is 4.90 Å². The molecule has 0 saturated heterocycles. The van der Waals surface area contributed by atoms with Gasteiger partial charge in [-0.25, -0.2) is 4.98 Å². The first-order valence-electron chi connectivity index (χ1n) is 8.42. The largest absolute Gasteiger partial charge is 0.356 e. The van der Waals surface area contributed by atoms with Crippen LogP contribution >= 0.6 is 0 Å². The van der Waals surface area contributed by atoms with Gasteiger partial charge in [-0.15, -0.1) is 0 Å². The molecule has 1 heterocycles. The highest BCUT2D eigenvalue weighted by Gasteiger charge is 2.18. The summed E-state index contributed by atoms with van der Waals surface area (Å²) >= 11 is 0. The zero-order valence-electron chi connectivity index (χ0n) is 14.7. The Morgan fingerprint density at radius 1 is 1.16 bits per heavy atom. The van der Waals surface area contributed by atoms with Crippen molar-refractivity contribution in [1.29, 1.82) is 0 Å². The summed E-state index contributed by atoms with van der Waals surface area (Å²) in [4.78, 5) is 34.4. The maximum atomic E-state index is 12.7. The Bertz CT molecular complexity index is 674. The molecule has 25 heavy (non-hydrogen) atoms. The lowest BCUT2D eigenvalue weighted by atomic mass is 10.2. The molecule has 0 radical (unpaired) electrons. The number of hydrogen-bond donors (Lipinski definition) is 1. The summed E-state index contributed by atoms with van der Waals surface area (Å²) in [6.07, 6.45) is 4.71. The van der Waals surface area contributed by atoms with Gasteiger partial charge in [-0.1, -0.05) is 44.2 Å². The molecule has 0 fully saturated rings. The molecule has 0 aliphatic carbocycles. The minimum absolute atomic E-state index is 0.0568. The molecule has 0 aliphatic heterocycles. The Labute approximate surface area is 148 Å². The van der Waals surface area contributed by atoms with Gasteiger partial charge >= 0.3 is 0 Å². The van der Waals surface area contributed by atoms with Gasteiger partial charge in [-0.05, 0) is 11.5 Å². The van der Waals surface area contributed by atoms with Crippen molar-refractivity contribution in [3.63, 3.8) is 0 Å². The molecular formula is C19H24N4O2. The first-order chi connectivity index (χ1) is 12.1. The van der Waals surface area contributed by atoms with E-state index in [1.807, 2.05) is 44.2 Å². The van der Waals surface area contributed by atoms with E-state index in [-0.39, 0.29) is 23.9 Å². The molecule has 1 aromatic heterocycles.